The first-order valence-corrected chi connectivity index (χ1v) is 8.83. The fourth-order valence-electron chi connectivity index (χ4n) is 3.03. The maximum Gasteiger partial charge on any atom is 0.273 e. The number of hydrogen-bond donors (Lipinski definition) is 1. The van der Waals surface area contributed by atoms with E-state index in [0.29, 0.717) is 26.0 Å². The molecule has 1 fully saturated rings. The van der Waals surface area contributed by atoms with E-state index >= 15 is 0 Å². The summed E-state index contributed by atoms with van der Waals surface area (Å²) in [6.07, 6.45) is -2.27. The van der Waals surface area contributed by atoms with E-state index in [0.717, 1.165) is 6.07 Å². The molecular weight excluding hydrogens is 378 g/mol. The number of benzene rings is 1. The van der Waals surface area contributed by atoms with E-state index in [-0.39, 0.29) is 29.2 Å². The molecule has 0 aliphatic carbocycles. The van der Waals surface area contributed by atoms with Gasteiger partial charge in [-0.3, -0.25) is 0 Å². The molecule has 28 heavy (non-hydrogen) atoms. The second-order valence-corrected chi connectivity index (χ2v) is 6.63. The molecule has 0 bridgehead atoms. The zero-order valence-corrected chi connectivity index (χ0v) is 15.7. The number of aromatic nitrogens is 2. The van der Waals surface area contributed by atoms with Gasteiger partial charge >= 0.3 is 0 Å². The molecule has 2 heterocycles. The van der Waals surface area contributed by atoms with Crippen LogP contribution in [0.3, 0.4) is 0 Å². The van der Waals surface area contributed by atoms with Gasteiger partial charge in [-0.2, -0.15) is 0 Å². The van der Waals surface area contributed by atoms with Gasteiger partial charge < -0.3 is 14.8 Å². The lowest BCUT2D eigenvalue weighted by atomic mass is 10.0. The third-order valence-electron chi connectivity index (χ3n) is 4.32. The van der Waals surface area contributed by atoms with E-state index < -0.39 is 29.8 Å². The van der Waals surface area contributed by atoms with Crippen LogP contribution < -0.4 is 5.32 Å². The molecule has 2 aromatic rings. The summed E-state index contributed by atoms with van der Waals surface area (Å²) in [6.45, 7) is 4.09. The number of hydrogen-bond acceptors (Lipinski definition) is 5. The zero-order chi connectivity index (χ0) is 20.5. The van der Waals surface area contributed by atoms with Crippen molar-refractivity contribution in [1.82, 2.24) is 9.97 Å². The number of aryl methyl sites for hydroxylation is 1. The molecule has 9 heteroatoms. The Balaban J connectivity index is 1.95. The van der Waals surface area contributed by atoms with Crippen LogP contribution in [0, 0.1) is 12.7 Å². The van der Waals surface area contributed by atoms with Gasteiger partial charge in [0.05, 0.1) is 30.0 Å². The average Bonchev–Trinajstić information content (AvgIpc) is 3.13. The SMILES string of the molecule is Cc1nc(NCc2cccc(C(C)(F)F)c2F)c(C2OCCO2)c(C(C)F)n1. The minimum absolute atomic E-state index is 0.0318. The number of nitrogens with one attached hydrogen (secondary N) is 1. The third kappa shape index (κ3) is 4.25. The van der Waals surface area contributed by atoms with Gasteiger partial charge in [-0.1, -0.05) is 18.2 Å². The molecule has 1 aromatic carbocycles. The molecule has 1 aromatic heterocycles. The van der Waals surface area contributed by atoms with Gasteiger partial charge in [-0.25, -0.2) is 27.5 Å². The van der Waals surface area contributed by atoms with E-state index in [1.165, 1.54) is 19.1 Å². The summed E-state index contributed by atoms with van der Waals surface area (Å²) < 4.78 is 66.7. The van der Waals surface area contributed by atoms with Crippen molar-refractivity contribution in [2.75, 3.05) is 18.5 Å². The van der Waals surface area contributed by atoms with Crippen LogP contribution in [-0.4, -0.2) is 23.2 Å². The third-order valence-corrected chi connectivity index (χ3v) is 4.32. The van der Waals surface area contributed by atoms with Crippen LogP contribution >= 0.6 is 0 Å². The smallest absolute Gasteiger partial charge is 0.273 e. The van der Waals surface area contributed by atoms with Crippen LogP contribution in [0.2, 0.25) is 0 Å². The molecule has 0 amide bonds. The molecule has 1 N–H and O–H groups in total. The normalized spacial score (nSPS) is 16.4. The second kappa shape index (κ2) is 8.00. The Hall–Kier alpha value is -2.26. The minimum Gasteiger partial charge on any atom is -0.365 e. The summed E-state index contributed by atoms with van der Waals surface area (Å²) in [5.74, 6) is -3.79. The topological polar surface area (TPSA) is 56.3 Å². The maximum atomic E-state index is 14.5. The molecule has 152 valence electrons. The number of halogens is 4. The largest absolute Gasteiger partial charge is 0.365 e. The van der Waals surface area contributed by atoms with Gasteiger partial charge in [0.15, 0.2) is 6.29 Å². The van der Waals surface area contributed by atoms with Crippen molar-refractivity contribution in [2.45, 2.75) is 45.7 Å². The standard InChI is InChI=1S/C19H21F4N3O2/c1-10(20)16-14(18-27-7-8-28-18)17(26-11(2)25-16)24-9-12-5-4-6-13(15(12)21)19(3,22)23/h4-6,10,18H,7-9H2,1-3H3,(H,24,25,26). The number of anilines is 1. The Labute approximate surface area is 160 Å². The van der Waals surface area contributed by atoms with Crippen molar-refractivity contribution in [3.05, 3.63) is 52.2 Å². The Morgan fingerprint density at radius 3 is 2.54 bits per heavy atom. The van der Waals surface area contributed by atoms with Crippen LogP contribution in [0.5, 0.6) is 0 Å². The van der Waals surface area contributed by atoms with Crippen LogP contribution in [0.25, 0.3) is 0 Å². The lowest BCUT2D eigenvalue weighted by Gasteiger charge is -2.20. The molecule has 1 saturated heterocycles. The van der Waals surface area contributed by atoms with E-state index in [9.17, 15) is 17.6 Å². The molecule has 1 aliphatic heterocycles. The van der Waals surface area contributed by atoms with Crippen molar-refractivity contribution >= 4 is 5.82 Å². The van der Waals surface area contributed by atoms with Gasteiger partial charge in [0.1, 0.15) is 23.6 Å². The Morgan fingerprint density at radius 2 is 1.93 bits per heavy atom. The molecule has 0 radical (unpaired) electrons. The predicted octanol–water partition coefficient (Wildman–Crippen LogP) is 4.72. The predicted molar refractivity (Wildman–Crippen MR) is 94.2 cm³/mol. The van der Waals surface area contributed by atoms with Crippen molar-refractivity contribution in [3.8, 4) is 0 Å². The van der Waals surface area contributed by atoms with Crippen molar-refractivity contribution in [1.29, 1.82) is 0 Å². The maximum absolute atomic E-state index is 14.5. The molecule has 1 atom stereocenters. The van der Waals surface area contributed by atoms with E-state index in [1.807, 2.05) is 0 Å². The van der Waals surface area contributed by atoms with Crippen molar-refractivity contribution in [2.24, 2.45) is 0 Å². The van der Waals surface area contributed by atoms with Gasteiger partial charge in [0.25, 0.3) is 5.92 Å². The summed E-state index contributed by atoms with van der Waals surface area (Å²) >= 11 is 0. The molecule has 3 rings (SSSR count). The van der Waals surface area contributed by atoms with Crippen LogP contribution in [0.1, 0.15) is 54.5 Å². The summed E-state index contributed by atoms with van der Waals surface area (Å²) in [6, 6.07) is 3.80. The molecule has 0 saturated carbocycles. The summed E-state index contributed by atoms with van der Waals surface area (Å²) in [5, 5.41) is 2.90. The Morgan fingerprint density at radius 1 is 1.25 bits per heavy atom. The van der Waals surface area contributed by atoms with Gasteiger partial charge in [0.2, 0.25) is 0 Å². The highest BCUT2D eigenvalue weighted by molar-refractivity contribution is 5.49. The fourth-order valence-corrected chi connectivity index (χ4v) is 3.03. The highest BCUT2D eigenvalue weighted by Crippen LogP contribution is 2.35. The number of rotatable bonds is 6. The first kappa shape index (κ1) is 20.5. The van der Waals surface area contributed by atoms with E-state index in [2.05, 4.69) is 15.3 Å². The first-order chi connectivity index (χ1) is 13.2. The van der Waals surface area contributed by atoms with Crippen LogP contribution in [0.15, 0.2) is 18.2 Å². The second-order valence-electron chi connectivity index (χ2n) is 6.63. The van der Waals surface area contributed by atoms with Crippen molar-refractivity contribution < 1.29 is 27.0 Å². The highest BCUT2D eigenvalue weighted by atomic mass is 19.3. The van der Waals surface area contributed by atoms with Gasteiger partial charge in [0, 0.05) is 19.0 Å². The minimum atomic E-state index is -3.31. The van der Waals surface area contributed by atoms with Crippen LogP contribution in [-0.2, 0) is 21.9 Å². The summed E-state index contributed by atoms with van der Waals surface area (Å²) in [7, 11) is 0. The van der Waals surface area contributed by atoms with Crippen molar-refractivity contribution in [3.63, 3.8) is 0 Å². The highest BCUT2D eigenvalue weighted by Gasteiger charge is 2.31. The van der Waals surface area contributed by atoms with Gasteiger partial charge in [-0.05, 0) is 13.8 Å². The molecule has 0 spiro atoms. The fraction of sp³-hybridized carbons (Fsp3) is 0.474. The Kier molecular flexibility index (Phi) is 5.85. The van der Waals surface area contributed by atoms with Gasteiger partial charge in [-0.15, -0.1) is 0 Å². The first-order valence-electron chi connectivity index (χ1n) is 8.83. The lowest BCUT2D eigenvalue weighted by Crippen LogP contribution is -2.16. The quantitative estimate of drug-likeness (QED) is 0.712. The molecule has 1 unspecified atom stereocenters. The zero-order valence-electron chi connectivity index (χ0n) is 15.7. The number of nitrogens with zero attached hydrogens (tertiary/aromatic N) is 2. The number of alkyl halides is 3. The molecular formula is C19H21F4N3O2. The summed E-state index contributed by atoms with van der Waals surface area (Å²) in [4.78, 5) is 8.39. The molecule has 1 aliphatic rings. The molecule has 5 nitrogen and oxygen atoms in total. The van der Waals surface area contributed by atoms with E-state index in [4.69, 9.17) is 9.47 Å². The van der Waals surface area contributed by atoms with Crippen LogP contribution in [0.4, 0.5) is 23.4 Å². The Bertz CT molecular complexity index is 850. The summed E-state index contributed by atoms with van der Waals surface area (Å²) in [5.41, 5.74) is -0.262. The average molecular weight is 399 g/mol. The lowest BCUT2D eigenvalue weighted by molar-refractivity contribution is -0.0453. The van der Waals surface area contributed by atoms with E-state index in [1.54, 1.807) is 6.92 Å². The number of ether oxygens (including phenoxy) is 2. The monoisotopic (exact) mass is 399 g/mol.